The van der Waals surface area contributed by atoms with Gasteiger partial charge in [-0.3, -0.25) is 9.59 Å². The van der Waals surface area contributed by atoms with Crippen molar-refractivity contribution in [2.75, 3.05) is 6.54 Å². The molecule has 0 aliphatic heterocycles. The van der Waals surface area contributed by atoms with Crippen molar-refractivity contribution in [2.24, 2.45) is 0 Å². The lowest BCUT2D eigenvalue weighted by Gasteiger charge is -2.20. The third kappa shape index (κ3) is 4.28. The summed E-state index contributed by atoms with van der Waals surface area (Å²) in [5.74, 6) is 0.0353. The lowest BCUT2D eigenvalue weighted by molar-refractivity contribution is -0.131. The fourth-order valence-corrected chi connectivity index (χ4v) is 3.97. The molecule has 152 valence electrons. The summed E-state index contributed by atoms with van der Waals surface area (Å²) in [6.07, 6.45) is 0.142. The molecule has 0 saturated carbocycles. The number of halogens is 1. The van der Waals surface area contributed by atoms with Crippen LogP contribution < -0.4 is 5.56 Å². The van der Waals surface area contributed by atoms with Gasteiger partial charge in [-0.1, -0.05) is 12.1 Å². The number of carbonyl (C=O) groups is 1. The third-order valence-corrected chi connectivity index (χ3v) is 5.65. The molecule has 8 heteroatoms. The van der Waals surface area contributed by atoms with E-state index in [2.05, 4.69) is 15.0 Å². The number of fused-ring (bicyclic) bond motifs is 1. The molecule has 1 N–H and O–H groups in total. The zero-order chi connectivity index (χ0) is 21.1. The van der Waals surface area contributed by atoms with Crippen LogP contribution in [0.25, 0.3) is 21.5 Å². The van der Waals surface area contributed by atoms with Crippen molar-refractivity contribution in [1.29, 1.82) is 0 Å². The highest BCUT2D eigenvalue weighted by Gasteiger charge is 2.17. The van der Waals surface area contributed by atoms with Gasteiger partial charge >= 0.3 is 0 Å². The minimum atomic E-state index is -0.301. The summed E-state index contributed by atoms with van der Waals surface area (Å²) in [4.78, 5) is 38.4. The number of benzene rings is 2. The van der Waals surface area contributed by atoms with Crippen LogP contribution in [0.4, 0.5) is 4.39 Å². The number of carbonyl (C=O) groups excluding carboxylic acids is 1. The lowest BCUT2D eigenvalue weighted by Crippen LogP contribution is -2.33. The zero-order valence-corrected chi connectivity index (χ0v) is 17.1. The number of nitrogens with one attached hydrogen (secondary N) is 1. The molecule has 1 amide bonds. The number of amides is 1. The van der Waals surface area contributed by atoms with E-state index < -0.39 is 0 Å². The van der Waals surface area contributed by atoms with Gasteiger partial charge in [0.2, 0.25) is 5.91 Å². The molecule has 2 aromatic heterocycles. The molecule has 0 radical (unpaired) electrons. The highest BCUT2D eigenvalue weighted by Crippen LogP contribution is 2.24. The summed E-state index contributed by atoms with van der Waals surface area (Å²) in [6, 6.07) is 13.2. The first-order valence-corrected chi connectivity index (χ1v) is 10.4. The van der Waals surface area contributed by atoms with Crippen molar-refractivity contribution in [1.82, 2.24) is 19.9 Å². The number of rotatable bonds is 6. The highest BCUT2D eigenvalue weighted by molar-refractivity contribution is 7.13. The number of hydrogen-bond acceptors (Lipinski definition) is 5. The summed E-state index contributed by atoms with van der Waals surface area (Å²) >= 11 is 1.41. The second-order valence-corrected chi connectivity index (χ2v) is 7.62. The second kappa shape index (κ2) is 8.54. The van der Waals surface area contributed by atoms with Crippen LogP contribution in [0.5, 0.6) is 0 Å². The SMILES string of the molecule is CCN(Cc1nc2ccccc2c(=O)[nH]1)C(=O)Cc1csc(-c2ccc(F)cc2)n1. The van der Waals surface area contributed by atoms with E-state index in [1.165, 1.54) is 23.5 Å². The van der Waals surface area contributed by atoms with Crippen LogP contribution in [0.1, 0.15) is 18.4 Å². The van der Waals surface area contributed by atoms with Crippen molar-refractivity contribution < 1.29 is 9.18 Å². The van der Waals surface area contributed by atoms with Gasteiger partial charge in [-0.25, -0.2) is 14.4 Å². The largest absolute Gasteiger partial charge is 0.335 e. The van der Waals surface area contributed by atoms with Crippen LogP contribution >= 0.6 is 11.3 Å². The number of para-hydroxylation sites is 1. The first-order chi connectivity index (χ1) is 14.5. The van der Waals surface area contributed by atoms with Gasteiger partial charge < -0.3 is 9.88 Å². The number of thiazole rings is 1. The quantitative estimate of drug-likeness (QED) is 0.513. The first kappa shape index (κ1) is 19.9. The van der Waals surface area contributed by atoms with Crippen molar-refractivity contribution in [3.05, 3.63) is 81.6 Å². The van der Waals surface area contributed by atoms with Crippen LogP contribution in [0.2, 0.25) is 0 Å². The van der Waals surface area contributed by atoms with Gasteiger partial charge in [0.05, 0.1) is 29.6 Å². The monoisotopic (exact) mass is 422 g/mol. The average Bonchev–Trinajstić information content (AvgIpc) is 3.21. The van der Waals surface area contributed by atoms with Gasteiger partial charge in [0.25, 0.3) is 5.56 Å². The van der Waals surface area contributed by atoms with Gasteiger partial charge in [0.15, 0.2) is 0 Å². The topological polar surface area (TPSA) is 79.0 Å². The fraction of sp³-hybridized carbons (Fsp3) is 0.182. The van der Waals surface area contributed by atoms with E-state index in [0.29, 0.717) is 29.0 Å². The molecule has 0 aliphatic carbocycles. The van der Waals surface area contributed by atoms with E-state index >= 15 is 0 Å². The minimum absolute atomic E-state index is 0.107. The Morgan fingerprint density at radius 3 is 2.67 bits per heavy atom. The van der Waals surface area contributed by atoms with Gasteiger partial charge in [-0.2, -0.15) is 0 Å². The molecule has 2 aromatic carbocycles. The van der Waals surface area contributed by atoms with Crippen molar-refractivity contribution >= 4 is 28.1 Å². The summed E-state index contributed by atoms with van der Waals surface area (Å²) < 4.78 is 13.1. The molecule has 0 fully saturated rings. The lowest BCUT2D eigenvalue weighted by atomic mass is 10.2. The van der Waals surface area contributed by atoms with Crippen molar-refractivity contribution in [3.63, 3.8) is 0 Å². The van der Waals surface area contributed by atoms with Crippen molar-refractivity contribution in [2.45, 2.75) is 19.9 Å². The summed E-state index contributed by atoms with van der Waals surface area (Å²) in [5.41, 5.74) is 1.85. The normalized spacial score (nSPS) is 11.0. The number of likely N-dealkylation sites (N-methyl/N-ethyl adjacent to an activating group) is 1. The molecule has 0 bridgehead atoms. The standard InChI is InChI=1S/C22H19FN4O2S/c1-2-27(12-19-25-18-6-4-3-5-17(18)21(29)26-19)20(28)11-16-13-30-22(24-16)14-7-9-15(23)10-8-14/h3-10,13H,2,11-12H2,1H3,(H,25,26,29). The second-order valence-electron chi connectivity index (χ2n) is 6.77. The van der Waals surface area contributed by atoms with Crippen LogP contribution in [0, 0.1) is 5.82 Å². The third-order valence-electron chi connectivity index (χ3n) is 4.71. The molecule has 4 aromatic rings. The minimum Gasteiger partial charge on any atom is -0.335 e. The van der Waals surface area contributed by atoms with E-state index in [-0.39, 0.29) is 30.2 Å². The Kier molecular flexibility index (Phi) is 5.67. The number of H-pyrrole nitrogens is 1. The number of nitrogens with zero attached hydrogens (tertiary/aromatic N) is 3. The summed E-state index contributed by atoms with van der Waals surface area (Å²) in [5, 5.41) is 3.09. The average molecular weight is 422 g/mol. The van der Waals surface area contributed by atoms with Crippen LogP contribution in [-0.2, 0) is 17.8 Å². The van der Waals surface area contributed by atoms with E-state index in [0.717, 1.165) is 10.6 Å². The van der Waals surface area contributed by atoms with Crippen molar-refractivity contribution in [3.8, 4) is 10.6 Å². The van der Waals surface area contributed by atoms with Crippen LogP contribution in [0.3, 0.4) is 0 Å². The molecule has 0 spiro atoms. The Balaban J connectivity index is 1.48. The van der Waals surface area contributed by atoms with E-state index in [9.17, 15) is 14.0 Å². The zero-order valence-electron chi connectivity index (χ0n) is 16.3. The number of aromatic amines is 1. The molecule has 30 heavy (non-hydrogen) atoms. The molecule has 0 atom stereocenters. The predicted molar refractivity (Wildman–Crippen MR) is 115 cm³/mol. The molecular weight excluding hydrogens is 403 g/mol. The van der Waals surface area contributed by atoms with Gasteiger partial charge in [0, 0.05) is 17.5 Å². The molecule has 4 rings (SSSR count). The van der Waals surface area contributed by atoms with E-state index in [1.54, 1.807) is 35.2 Å². The maximum atomic E-state index is 13.1. The maximum Gasteiger partial charge on any atom is 0.258 e. The van der Waals surface area contributed by atoms with Gasteiger partial charge in [-0.15, -0.1) is 11.3 Å². The first-order valence-electron chi connectivity index (χ1n) is 9.49. The molecule has 0 unspecified atom stereocenters. The summed E-state index contributed by atoms with van der Waals surface area (Å²) in [6.45, 7) is 2.57. The molecule has 2 heterocycles. The molecule has 6 nitrogen and oxygen atoms in total. The van der Waals surface area contributed by atoms with E-state index in [4.69, 9.17) is 0 Å². The predicted octanol–water partition coefficient (Wildman–Crippen LogP) is 3.78. The van der Waals surface area contributed by atoms with Crippen LogP contribution in [0.15, 0.2) is 58.7 Å². The Morgan fingerprint density at radius 1 is 1.13 bits per heavy atom. The van der Waals surface area contributed by atoms with Gasteiger partial charge in [0.1, 0.15) is 16.6 Å². The van der Waals surface area contributed by atoms with Gasteiger partial charge in [-0.05, 0) is 43.3 Å². The summed E-state index contributed by atoms with van der Waals surface area (Å²) in [7, 11) is 0. The molecular formula is C22H19FN4O2S. The molecule has 0 saturated heterocycles. The smallest absolute Gasteiger partial charge is 0.258 e. The fourth-order valence-electron chi connectivity index (χ4n) is 3.15. The number of aromatic nitrogens is 3. The number of hydrogen-bond donors (Lipinski definition) is 1. The van der Waals surface area contributed by atoms with Crippen LogP contribution in [-0.4, -0.2) is 32.3 Å². The highest BCUT2D eigenvalue weighted by atomic mass is 32.1. The molecule has 0 aliphatic rings. The maximum absolute atomic E-state index is 13.1. The Morgan fingerprint density at radius 2 is 1.90 bits per heavy atom. The Bertz CT molecular complexity index is 1250. The Labute approximate surface area is 176 Å². The Hall–Kier alpha value is -3.39. The van der Waals surface area contributed by atoms with E-state index in [1.807, 2.05) is 18.4 Å².